The first-order valence-corrected chi connectivity index (χ1v) is 14.1. The van der Waals surface area contributed by atoms with Crippen LogP contribution in [0.25, 0.3) is 0 Å². The maximum atomic E-state index is 11.7. The van der Waals surface area contributed by atoms with Crippen LogP contribution in [-0.4, -0.2) is 29.4 Å². The third-order valence-electron chi connectivity index (χ3n) is 6.01. The van der Waals surface area contributed by atoms with Crippen molar-refractivity contribution in [2.75, 3.05) is 0 Å². The van der Waals surface area contributed by atoms with Crippen LogP contribution in [0.2, 0.25) is 0 Å². The highest BCUT2D eigenvalue weighted by molar-refractivity contribution is 7.86. The molecule has 2 unspecified atom stereocenters. The lowest BCUT2D eigenvalue weighted by atomic mass is 10.0. The van der Waals surface area contributed by atoms with Crippen molar-refractivity contribution in [2.45, 2.75) is 154 Å². The van der Waals surface area contributed by atoms with Gasteiger partial charge in [0.1, 0.15) is 0 Å². The van der Waals surface area contributed by atoms with Crippen LogP contribution in [0.3, 0.4) is 0 Å². The topological polar surface area (TPSA) is 74.6 Å². The van der Waals surface area contributed by atoms with Gasteiger partial charge in [0.05, 0.1) is 11.4 Å². The van der Waals surface area contributed by atoms with E-state index < -0.39 is 15.4 Å². The molecular formula is C24H50O4S. The normalized spacial score (nSPS) is 14.2. The minimum atomic E-state index is -3.96. The molecule has 176 valence electrons. The van der Waals surface area contributed by atoms with Crippen LogP contribution in [0.4, 0.5) is 0 Å². The lowest BCUT2D eigenvalue weighted by Gasteiger charge is -2.15. The molecule has 0 rings (SSSR count). The molecule has 0 radical (unpaired) electrons. The van der Waals surface area contributed by atoms with E-state index in [1.807, 2.05) is 0 Å². The van der Waals surface area contributed by atoms with E-state index in [4.69, 9.17) is 0 Å². The van der Waals surface area contributed by atoms with Gasteiger partial charge in [0.25, 0.3) is 10.1 Å². The molecule has 2 atom stereocenters. The number of rotatable bonds is 22. The highest BCUT2D eigenvalue weighted by atomic mass is 32.2. The van der Waals surface area contributed by atoms with E-state index in [1.165, 1.54) is 51.4 Å². The first kappa shape index (κ1) is 28.9. The Morgan fingerprint density at radius 1 is 0.552 bits per heavy atom. The van der Waals surface area contributed by atoms with Gasteiger partial charge in [0.15, 0.2) is 0 Å². The predicted molar refractivity (Wildman–Crippen MR) is 125 cm³/mol. The van der Waals surface area contributed by atoms with Crippen LogP contribution >= 0.6 is 0 Å². The monoisotopic (exact) mass is 434 g/mol. The smallest absolute Gasteiger partial charge is 0.267 e. The summed E-state index contributed by atoms with van der Waals surface area (Å²) in [7, 11) is -3.96. The molecule has 0 aliphatic carbocycles. The second kappa shape index (κ2) is 19.8. The van der Waals surface area contributed by atoms with Gasteiger partial charge in [-0.3, -0.25) is 4.55 Å². The maximum absolute atomic E-state index is 11.7. The van der Waals surface area contributed by atoms with Crippen LogP contribution in [-0.2, 0) is 10.1 Å². The molecule has 0 aliphatic heterocycles. The summed E-state index contributed by atoms with van der Waals surface area (Å²) in [5.41, 5.74) is 0. The van der Waals surface area contributed by atoms with Crippen molar-refractivity contribution in [3.63, 3.8) is 0 Å². The SMILES string of the molecule is CCCCCCCCCCCCCC(CCCCC(O)CCCCC)S(=O)(=O)O. The zero-order chi connectivity index (χ0) is 21.8. The number of hydrogen-bond donors (Lipinski definition) is 2. The van der Waals surface area contributed by atoms with E-state index >= 15 is 0 Å². The van der Waals surface area contributed by atoms with Crippen molar-refractivity contribution in [1.82, 2.24) is 0 Å². The van der Waals surface area contributed by atoms with E-state index in [2.05, 4.69) is 13.8 Å². The molecule has 5 heteroatoms. The molecule has 0 spiro atoms. The minimum Gasteiger partial charge on any atom is -0.393 e. The fourth-order valence-electron chi connectivity index (χ4n) is 4.00. The highest BCUT2D eigenvalue weighted by Gasteiger charge is 2.22. The molecule has 0 aromatic rings. The Bertz CT molecular complexity index is 436. The Hall–Kier alpha value is -0.130. The average molecular weight is 435 g/mol. The van der Waals surface area contributed by atoms with Crippen molar-refractivity contribution in [3.05, 3.63) is 0 Å². The summed E-state index contributed by atoms with van der Waals surface area (Å²) in [5, 5.41) is 9.32. The first-order valence-electron chi connectivity index (χ1n) is 12.6. The maximum Gasteiger partial charge on any atom is 0.267 e. The molecule has 4 nitrogen and oxygen atoms in total. The number of aliphatic hydroxyl groups is 1. The summed E-state index contributed by atoms with van der Waals surface area (Å²) in [6, 6.07) is 0. The van der Waals surface area contributed by atoms with Crippen LogP contribution in [0.1, 0.15) is 142 Å². The largest absolute Gasteiger partial charge is 0.393 e. The van der Waals surface area contributed by atoms with Gasteiger partial charge < -0.3 is 5.11 Å². The molecule has 0 aromatic carbocycles. The third kappa shape index (κ3) is 19.6. The summed E-state index contributed by atoms with van der Waals surface area (Å²) >= 11 is 0. The van der Waals surface area contributed by atoms with Gasteiger partial charge >= 0.3 is 0 Å². The van der Waals surface area contributed by atoms with E-state index in [1.54, 1.807) is 0 Å². The quantitative estimate of drug-likeness (QED) is 0.137. The van der Waals surface area contributed by atoms with Gasteiger partial charge in [-0.2, -0.15) is 8.42 Å². The fourth-order valence-corrected chi connectivity index (χ4v) is 4.93. The van der Waals surface area contributed by atoms with E-state index in [0.29, 0.717) is 12.8 Å². The van der Waals surface area contributed by atoms with Gasteiger partial charge in [-0.25, -0.2) is 0 Å². The lowest BCUT2D eigenvalue weighted by Crippen LogP contribution is -2.20. The molecule has 0 aliphatic rings. The van der Waals surface area contributed by atoms with E-state index in [0.717, 1.165) is 64.2 Å². The predicted octanol–water partition coefficient (Wildman–Crippen LogP) is 7.45. The molecule has 2 N–H and O–H groups in total. The molecular weight excluding hydrogens is 384 g/mol. The van der Waals surface area contributed by atoms with Gasteiger partial charge in [-0.05, 0) is 25.7 Å². The Morgan fingerprint density at radius 2 is 0.862 bits per heavy atom. The lowest BCUT2D eigenvalue weighted by molar-refractivity contribution is 0.147. The summed E-state index contributed by atoms with van der Waals surface area (Å²) in [5.74, 6) is 0. The molecule has 0 fully saturated rings. The van der Waals surface area contributed by atoms with Crippen LogP contribution in [0.5, 0.6) is 0 Å². The highest BCUT2D eigenvalue weighted by Crippen LogP contribution is 2.20. The van der Waals surface area contributed by atoms with Gasteiger partial charge in [0, 0.05) is 0 Å². The molecule has 0 saturated heterocycles. The zero-order valence-electron chi connectivity index (χ0n) is 19.4. The van der Waals surface area contributed by atoms with Crippen LogP contribution < -0.4 is 0 Å². The zero-order valence-corrected chi connectivity index (χ0v) is 20.2. The summed E-state index contributed by atoms with van der Waals surface area (Å²) in [4.78, 5) is 0. The van der Waals surface area contributed by atoms with Crippen LogP contribution in [0.15, 0.2) is 0 Å². The third-order valence-corrected chi connectivity index (χ3v) is 7.32. The number of hydrogen-bond acceptors (Lipinski definition) is 3. The molecule has 0 amide bonds. The summed E-state index contributed by atoms with van der Waals surface area (Å²) in [6.07, 6.45) is 21.0. The van der Waals surface area contributed by atoms with Crippen molar-refractivity contribution >= 4 is 10.1 Å². The first-order chi connectivity index (χ1) is 13.9. The molecule has 29 heavy (non-hydrogen) atoms. The number of aliphatic hydroxyl groups excluding tert-OH is 1. The van der Waals surface area contributed by atoms with Crippen molar-refractivity contribution < 1.29 is 18.1 Å². The molecule has 0 aromatic heterocycles. The van der Waals surface area contributed by atoms with Crippen molar-refractivity contribution in [3.8, 4) is 0 Å². The average Bonchev–Trinajstić information content (AvgIpc) is 2.66. The van der Waals surface area contributed by atoms with Gasteiger partial charge in [-0.15, -0.1) is 0 Å². The Labute approximate surface area is 182 Å². The summed E-state index contributed by atoms with van der Waals surface area (Å²) in [6.45, 7) is 4.39. The van der Waals surface area contributed by atoms with Gasteiger partial charge in [0.2, 0.25) is 0 Å². The van der Waals surface area contributed by atoms with Crippen LogP contribution in [0, 0.1) is 0 Å². The standard InChI is InChI=1S/C24H50O4S/c1-3-5-7-8-9-10-11-12-13-14-16-21-24(29(26,27)28)22-18-17-20-23(25)19-15-6-4-2/h23-25H,3-22H2,1-2H3,(H,26,27,28). The molecule has 0 heterocycles. The summed E-state index contributed by atoms with van der Waals surface area (Å²) < 4.78 is 32.8. The van der Waals surface area contributed by atoms with E-state index in [9.17, 15) is 18.1 Å². The fraction of sp³-hybridized carbons (Fsp3) is 1.00. The number of unbranched alkanes of at least 4 members (excludes halogenated alkanes) is 13. The van der Waals surface area contributed by atoms with E-state index in [-0.39, 0.29) is 6.10 Å². The molecule has 0 bridgehead atoms. The second-order valence-corrected chi connectivity index (χ2v) is 10.6. The Morgan fingerprint density at radius 3 is 1.31 bits per heavy atom. The Kier molecular flexibility index (Phi) is 19.7. The Balaban J connectivity index is 3.75. The van der Waals surface area contributed by atoms with Gasteiger partial charge in [-0.1, -0.05) is 117 Å². The second-order valence-electron chi connectivity index (χ2n) is 8.90. The molecule has 0 saturated carbocycles. The minimum absolute atomic E-state index is 0.266. The van der Waals surface area contributed by atoms with Crippen molar-refractivity contribution in [1.29, 1.82) is 0 Å². The van der Waals surface area contributed by atoms with Crippen molar-refractivity contribution in [2.24, 2.45) is 0 Å².